The maximum Gasteiger partial charge on any atom is 0.317 e. The largest absolute Gasteiger partial charge is 0.480 e. The van der Waals surface area contributed by atoms with Crippen LogP contribution in [0.1, 0.15) is 25.5 Å². The van der Waals surface area contributed by atoms with Gasteiger partial charge in [0.05, 0.1) is 6.26 Å². The number of rotatable bonds is 3. The monoisotopic (exact) mass is 223 g/mol. The van der Waals surface area contributed by atoms with Crippen LogP contribution in [0.15, 0.2) is 22.8 Å². The number of piperidine rings is 1. The Kier molecular flexibility index (Phi) is 3.01. The molecule has 0 spiro atoms. The summed E-state index contributed by atoms with van der Waals surface area (Å²) in [5, 5.41) is 9.44. The Bertz CT molecular complexity index is 350. The van der Waals surface area contributed by atoms with Crippen LogP contribution in [0.3, 0.4) is 0 Å². The fraction of sp³-hybridized carbons (Fsp3) is 0.583. The van der Waals surface area contributed by atoms with Gasteiger partial charge in [0.15, 0.2) is 0 Å². The zero-order chi connectivity index (χ0) is 11.6. The molecule has 0 atom stereocenters. The summed E-state index contributed by atoms with van der Waals surface area (Å²) >= 11 is 0. The molecule has 1 saturated heterocycles. The van der Waals surface area contributed by atoms with Gasteiger partial charge in [-0.1, -0.05) is 6.92 Å². The van der Waals surface area contributed by atoms with Crippen molar-refractivity contribution in [2.45, 2.75) is 25.2 Å². The summed E-state index contributed by atoms with van der Waals surface area (Å²) < 4.78 is 5.31. The van der Waals surface area contributed by atoms with Gasteiger partial charge >= 0.3 is 5.97 Å². The second-order valence-corrected chi connectivity index (χ2v) is 4.30. The highest BCUT2D eigenvalue weighted by Crippen LogP contribution is 2.36. The summed E-state index contributed by atoms with van der Waals surface area (Å²) in [5.74, 6) is -0.172. The van der Waals surface area contributed by atoms with Crippen LogP contribution in [-0.2, 0) is 10.2 Å². The number of hydrogen-bond acceptors (Lipinski definition) is 3. The van der Waals surface area contributed by atoms with Gasteiger partial charge in [0.1, 0.15) is 11.2 Å². The van der Waals surface area contributed by atoms with Crippen LogP contribution in [-0.4, -0.2) is 35.6 Å². The minimum Gasteiger partial charge on any atom is -0.480 e. The topological polar surface area (TPSA) is 53.7 Å². The second kappa shape index (κ2) is 4.29. The zero-order valence-electron chi connectivity index (χ0n) is 9.48. The van der Waals surface area contributed by atoms with E-state index in [4.69, 9.17) is 4.42 Å². The third-order valence-corrected chi connectivity index (χ3v) is 3.56. The molecule has 1 aliphatic heterocycles. The number of carboxylic acids is 1. The molecule has 0 unspecified atom stereocenters. The van der Waals surface area contributed by atoms with E-state index in [0.29, 0.717) is 18.6 Å². The van der Waals surface area contributed by atoms with Crippen molar-refractivity contribution in [1.82, 2.24) is 4.90 Å². The lowest BCUT2D eigenvalue weighted by atomic mass is 9.76. The lowest BCUT2D eigenvalue weighted by molar-refractivity contribution is -0.146. The van der Waals surface area contributed by atoms with E-state index in [9.17, 15) is 9.90 Å². The third kappa shape index (κ3) is 1.73. The first-order chi connectivity index (χ1) is 7.69. The molecular formula is C12H17NO3. The Morgan fingerprint density at radius 1 is 1.56 bits per heavy atom. The molecule has 0 radical (unpaired) electrons. The predicted octanol–water partition coefficient (Wildman–Crippen LogP) is 1.72. The lowest BCUT2D eigenvalue weighted by Gasteiger charge is -2.37. The maximum atomic E-state index is 11.5. The summed E-state index contributed by atoms with van der Waals surface area (Å²) in [5.41, 5.74) is -0.810. The Morgan fingerprint density at radius 3 is 2.69 bits per heavy atom. The van der Waals surface area contributed by atoms with Crippen molar-refractivity contribution in [1.29, 1.82) is 0 Å². The highest BCUT2D eigenvalue weighted by molar-refractivity contribution is 5.80. The third-order valence-electron chi connectivity index (χ3n) is 3.56. The van der Waals surface area contributed by atoms with E-state index in [1.54, 1.807) is 18.4 Å². The summed E-state index contributed by atoms with van der Waals surface area (Å²) in [6.07, 6.45) is 2.81. The van der Waals surface area contributed by atoms with Gasteiger partial charge in [-0.05, 0) is 44.6 Å². The van der Waals surface area contributed by atoms with Crippen LogP contribution in [0.25, 0.3) is 0 Å². The minimum atomic E-state index is -0.810. The van der Waals surface area contributed by atoms with E-state index >= 15 is 0 Å². The van der Waals surface area contributed by atoms with Crippen molar-refractivity contribution in [3.63, 3.8) is 0 Å². The van der Waals surface area contributed by atoms with E-state index in [0.717, 1.165) is 19.6 Å². The van der Waals surface area contributed by atoms with Gasteiger partial charge in [-0.25, -0.2) is 0 Å². The smallest absolute Gasteiger partial charge is 0.317 e. The standard InChI is InChI=1S/C12H17NO3/c1-2-13-7-5-12(6-8-13,11(14)15)10-4-3-9-16-10/h3-4,9H,2,5-8H2,1H3,(H,14,15). The number of nitrogens with zero attached hydrogens (tertiary/aromatic N) is 1. The maximum absolute atomic E-state index is 11.5. The van der Waals surface area contributed by atoms with Gasteiger partial charge in [0.25, 0.3) is 0 Å². The number of likely N-dealkylation sites (tertiary alicyclic amines) is 1. The molecule has 0 amide bonds. The lowest BCUT2D eigenvalue weighted by Crippen LogP contribution is -2.47. The highest BCUT2D eigenvalue weighted by atomic mass is 16.4. The molecule has 1 aromatic rings. The van der Waals surface area contributed by atoms with Crippen LogP contribution in [0.4, 0.5) is 0 Å². The molecule has 1 aliphatic rings. The molecule has 88 valence electrons. The molecule has 4 heteroatoms. The minimum absolute atomic E-state index is 0.593. The van der Waals surface area contributed by atoms with E-state index < -0.39 is 11.4 Å². The Hall–Kier alpha value is -1.29. The number of carbonyl (C=O) groups is 1. The van der Waals surface area contributed by atoms with Crippen molar-refractivity contribution in [2.75, 3.05) is 19.6 Å². The number of hydrogen-bond donors (Lipinski definition) is 1. The average Bonchev–Trinajstić information content (AvgIpc) is 2.82. The number of carboxylic acid groups (broad SMARTS) is 1. The number of aliphatic carboxylic acids is 1. The van der Waals surface area contributed by atoms with Crippen LogP contribution in [0.2, 0.25) is 0 Å². The van der Waals surface area contributed by atoms with Crippen LogP contribution in [0, 0.1) is 0 Å². The molecule has 0 aliphatic carbocycles. The average molecular weight is 223 g/mol. The Balaban J connectivity index is 2.23. The fourth-order valence-corrected chi connectivity index (χ4v) is 2.37. The Morgan fingerprint density at radius 2 is 2.25 bits per heavy atom. The van der Waals surface area contributed by atoms with Crippen molar-refractivity contribution >= 4 is 5.97 Å². The van der Waals surface area contributed by atoms with Gasteiger partial charge in [0, 0.05) is 0 Å². The molecule has 0 bridgehead atoms. The van der Waals surface area contributed by atoms with Crippen molar-refractivity contribution in [3.05, 3.63) is 24.2 Å². The van der Waals surface area contributed by atoms with E-state index in [2.05, 4.69) is 11.8 Å². The fourth-order valence-electron chi connectivity index (χ4n) is 2.37. The van der Waals surface area contributed by atoms with Crippen LogP contribution < -0.4 is 0 Å². The highest BCUT2D eigenvalue weighted by Gasteiger charge is 2.45. The quantitative estimate of drug-likeness (QED) is 0.847. The molecule has 0 aromatic carbocycles. The second-order valence-electron chi connectivity index (χ2n) is 4.30. The zero-order valence-corrected chi connectivity index (χ0v) is 9.48. The first-order valence-corrected chi connectivity index (χ1v) is 5.69. The summed E-state index contributed by atoms with van der Waals surface area (Å²) in [7, 11) is 0. The first kappa shape index (κ1) is 11.2. The molecule has 1 N–H and O–H groups in total. The van der Waals surface area contributed by atoms with Gasteiger partial charge in [-0.15, -0.1) is 0 Å². The van der Waals surface area contributed by atoms with Gasteiger partial charge in [-0.3, -0.25) is 4.79 Å². The molecular weight excluding hydrogens is 206 g/mol. The van der Waals surface area contributed by atoms with E-state index in [1.807, 2.05) is 0 Å². The van der Waals surface area contributed by atoms with Gasteiger partial charge in [0.2, 0.25) is 0 Å². The molecule has 1 fully saturated rings. The van der Waals surface area contributed by atoms with Crippen LogP contribution in [0.5, 0.6) is 0 Å². The van der Waals surface area contributed by atoms with E-state index in [1.165, 1.54) is 0 Å². The van der Waals surface area contributed by atoms with Crippen molar-refractivity contribution < 1.29 is 14.3 Å². The number of furan rings is 1. The van der Waals surface area contributed by atoms with Crippen molar-refractivity contribution in [2.24, 2.45) is 0 Å². The SMILES string of the molecule is CCN1CCC(C(=O)O)(c2ccco2)CC1. The molecule has 1 aromatic heterocycles. The normalized spacial score (nSPS) is 20.8. The van der Waals surface area contributed by atoms with Gasteiger partial charge in [-0.2, -0.15) is 0 Å². The van der Waals surface area contributed by atoms with Crippen molar-refractivity contribution in [3.8, 4) is 0 Å². The summed E-state index contributed by atoms with van der Waals surface area (Å²) in [6.45, 7) is 4.72. The summed E-state index contributed by atoms with van der Waals surface area (Å²) in [6, 6.07) is 3.53. The molecule has 0 saturated carbocycles. The van der Waals surface area contributed by atoms with E-state index in [-0.39, 0.29) is 0 Å². The van der Waals surface area contributed by atoms with Gasteiger partial charge < -0.3 is 14.4 Å². The Labute approximate surface area is 94.9 Å². The predicted molar refractivity (Wildman–Crippen MR) is 59.4 cm³/mol. The molecule has 2 rings (SSSR count). The molecule has 16 heavy (non-hydrogen) atoms. The molecule has 4 nitrogen and oxygen atoms in total. The summed E-state index contributed by atoms with van der Waals surface area (Å²) in [4.78, 5) is 13.8. The molecule has 2 heterocycles. The first-order valence-electron chi connectivity index (χ1n) is 5.69. The van der Waals surface area contributed by atoms with Crippen LogP contribution >= 0.6 is 0 Å².